The monoisotopic (exact) mass is 234 g/mol. The molecule has 1 aliphatic carbocycles. The van der Waals surface area contributed by atoms with E-state index in [0.717, 1.165) is 33.7 Å². The first-order valence-electron chi connectivity index (χ1n) is 5.60. The van der Waals surface area contributed by atoms with Crippen molar-refractivity contribution in [1.82, 2.24) is 4.98 Å². The molecule has 0 radical (unpaired) electrons. The van der Waals surface area contributed by atoms with Crippen molar-refractivity contribution in [3.63, 3.8) is 0 Å². The van der Waals surface area contributed by atoms with Crippen molar-refractivity contribution in [2.75, 3.05) is 11.5 Å². The minimum atomic E-state index is 0.721. The lowest BCUT2D eigenvalue weighted by Crippen LogP contribution is -2.13. The van der Waals surface area contributed by atoms with Crippen LogP contribution < -0.4 is 5.73 Å². The van der Waals surface area contributed by atoms with Gasteiger partial charge in [0.05, 0.1) is 0 Å². The van der Waals surface area contributed by atoms with E-state index in [0.29, 0.717) is 0 Å². The summed E-state index contributed by atoms with van der Waals surface area (Å²) in [4.78, 5) is 4.42. The molecule has 16 heavy (non-hydrogen) atoms. The molecule has 2 N–H and O–H groups in total. The van der Waals surface area contributed by atoms with E-state index in [4.69, 9.17) is 10.2 Å². The zero-order valence-electron chi connectivity index (χ0n) is 8.98. The van der Waals surface area contributed by atoms with Gasteiger partial charge in [-0.05, 0) is 30.9 Å². The molecule has 1 fully saturated rings. The zero-order valence-corrected chi connectivity index (χ0v) is 9.80. The van der Waals surface area contributed by atoms with Crippen molar-refractivity contribution in [1.29, 1.82) is 0 Å². The fraction of sp³-hybridized carbons (Fsp3) is 0.417. The topological polar surface area (TPSA) is 52.0 Å². The molecule has 0 bridgehead atoms. The second-order valence-corrected chi connectivity index (χ2v) is 5.29. The van der Waals surface area contributed by atoms with Crippen LogP contribution in [0.5, 0.6) is 0 Å². The number of benzene rings is 1. The number of hydrogen-bond acceptors (Lipinski definition) is 4. The Hall–Kier alpha value is -1.16. The van der Waals surface area contributed by atoms with Gasteiger partial charge in [-0.25, -0.2) is 4.98 Å². The maximum atomic E-state index is 5.69. The first kappa shape index (κ1) is 10.0. The van der Waals surface area contributed by atoms with Gasteiger partial charge in [-0.3, -0.25) is 0 Å². The predicted molar refractivity (Wildman–Crippen MR) is 66.5 cm³/mol. The quantitative estimate of drug-likeness (QED) is 0.654. The first-order valence-corrected chi connectivity index (χ1v) is 6.59. The Balaban J connectivity index is 1.76. The SMILES string of the molecule is Nc1ccc2nc(SCC3CCC3)oc2c1. The van der Waals surface area contributed by atoms with Crippen LogP contribution in [0.25, 0.3) is 11.1 Å². The number of nitrogen functional groups attached to an aromatic ring is 1. The Labute approximate surface area is 98.4 Å². The minimum absolute atomic E-state index is 0.721. The summed E-state index contributed by atoms with van der Waals surface area (Å²) in [5, 5.41) is 0.771. The van der Waals surface area contributed by atoms with E-state index in [2.05, 4.69) is 4.98 Å². The van der Waals surface area contributed by atoms with Crippen molar-refractivity contribution in [2.24, 2.45) is 5.92 Å². The van der Waals surface area contributed by atoms with Gasteiger partial charge in [0.2, 0.25) is 0 Å². The number of nitrogens with two attached hydrogens (primary N) is 1. The van der Waals surface area contributed by atoms with Crippen LogP contribution in [0.1, 0.15) is 19.3 Å². The number of nitrogens with zero attached hydrogens (tertiary/aromatic N) is 1. The molecule has 0 atom stereocenters. The molecule has 2 aromatic rings. The van der Waals surface area contributed by atoms with Crippen LogP contribution in [-0.4, -0.2) is 10.7 Å². The van der Waals surface area contributed by atoms with E-state index < -0.39 is 0 Å². The summed E-state index contributed by atoms with van der Waals surface area (Å²) < 4.78 is 5.64. The van der Waals surface area contributed by atoms with E-state index in [9.17, 15) is 0 Å². The van der Waals surface area contributed by atoms with Gasteiger partial charge in [0.1, 0.15) is 5.52 Å². The number of hydrogen-bond donors (Lipinski definition) is 1. The standard InChI is InChI=1S/C12H14N2OS/c13-9-4-5-10-11(6-9)15-12(14-10)16-7-8-2-1-3-8/h4-6,8H,1-3,7,13H2. The lowest BCUT2D eigenvalue weighted by atomic mass is 9.87. The number of rotatable bonds is 3. The molecule has 1 heterocycles. The molecule has 3 nitrogen and oxygen atoms in total. The maximum Gasteiger partial charge on any atom is 0.256 e. The first-order chi connectivity index (χ1) is 7.81. The fourth-order valence-electron chi connectivity index (χ4n) is 1.83. The van der Waals surface area contributed by atoms with E-state index in [1.165, 1.54) is 19.3 Å². The molecule has 0 spiro atoms. The molecular weight excluding hydrogens is 220 g/mol. The van der Waals surface area contributed by atoms with Gasteiger partial charge in [0.25, 0.3) is 5.22 Å². The highest BCUT2D eigenvalue weighted by atomic mass is 32.2. The highest BCUT2D eigenvalue weighted by molar-refractivity contribution is 7.99. The molecule has 1 saturated carbocycles. The third-order valence-corrected chi connectivity index (χ3v) is 4.12. The van der Waals surface area contributed by atoms with Crippen molar-refractivity contribution < 1.29 is 4.42 Å². The normalized spacial score (nSPS) is 16.5. The Kier molecular flexibility index (Phi) is 2.52. The average molecular weight is 234 g/mol. The second-order valence-electron chi connectivity index (χ2n) is 4.31. The molecule has 0 saturated heterocycles. The maximum absolute atomic E-state index is 5.69. The van der Waals surface area contributed by atoms with Gasteiger partial charge in [-0.2, -0.15) is 0 Å². The number of thioether (sulfide) groups is 1. The average Bonchev–Trinajstić information content (AvgIpc) is 2.57. The smallest absolute Gasteiger partial charge is 0.256 e. The number of anilines is 1. The summed E-state index contributed by atoms with van der Waals surface area (Å²) in [7, 11) is 0. The summed E-state index contributed by atoms with van der Waals surface area (Å²) in [6.45, 7) is 0. The lowest BCUT2D eigenvalue weighted by molar-refractivity contribution is 0.352. The van der Waals surface area contributed by atoms with Crippen LogP contribution in [0.15, 0.2) is 27.8 Å². The molecular formula is C12H14N2OS. The fourth-order valence-corrected chi connectivity index (χ4v) is 2.85. The molecule has 1 aliphatic rings. The Morgan fingerprint density at radius 3 is 3.06 bits per heavy atom. The van der Waals surface area contributed by atoms with E-state index in [1.807, 2.05) is 18.2 Å². The van der Waals surface area contributed by atoms with Crippen LogP contribution in [0.2, 0.25) is 0 Å². The highest BCUT2D eigenvalue weighted by Gasteiger charge is 2.18. The molecule has 84 valence electrons. The van der Waals surface area contributed by atoms with Crippen LogP contribution in [0.4, 0.5) is 5.69 Å². The van der Waals surface area contributed by atoms with E-state index in [-0.39, 0.29) is 0 Å². The van der Waals surface area contributed by atoms with E-state index in [1.54, 1.807) is 11.8 Å². The Morgan fingerprint density at radius 2 is 2.31 bits per heavy atom. The highest BCUT2D eigenvalue weighted by Crippen LogP contribution is 2.33. The van der Waals surface area contributed by atoms with Gasteiger partial charge in [0.15, 0.2) is 5.58 Å². The molecule has 0 unspecified atom stereocenters. The zero-order chi connectivity index (χ0) is 11.0. The van der Waals surface area contributed by atoms with Gasteiger partial charge in [-0.1, -0.05) is 18.2 Å². The Morgan fingerprint density at radius 1 is 1.44 bits per heavy atom. The van der Waals surface area contributed by atoms with Gasteiger partial charge >= 0.3 is 0 Å². The third kappa shape index (κ3) is 1.89. The number of aromatic nitrogens is 1. The predicted octanol–water partition coefficient (Wildman–Crippen LogP) is 3.30. The van der Waals surface area contributed by atoms with Crippen LogP contribution in [0, 0.1) is 5.92 Å². The Bertz CT molecular complexity index is 505. The molecule has 4 heteroatoms. The summed E-state index contributed by atoms with van der Waals surface area (Å²) in [6.07, 6.45) is 4.11. The summed E-state index contributed by atoms with van der Waals surface area (Å²) in [5.74, 6) is 1.99. The lowest BCUT2D eigenvalue weighted by Gasteiger charge is -2.23. The molecule has 0 aliphatic heterocycles. The van der Waals surface area contributed by atoms with Gasteiger partial charge in [0, 0.05) is 17.5 Å². The summed E-state index contributed by atoms with van der Waals surface area (Å²) in [5.41, 5.74) is 8.09. The van der Waals surface area contributed by atoms with E-state index >= 15 is 0 Å². The van der Waals surface area contributed by atoms with Gasteiger partial charge < -0.3 is 10.2 Å². The summed E-state index contributed by atoms with van der Waals surface area (Å²) in [6, 6.07) is 5.59. The molecule has 0 amide bonds. The molecule has 1 aromatic heterocycles. The van der Waals surface area contributed by atoms with Gasteiger partial charge in [-0.15, -0.1) is 0 Å². The van der Waals surface area contributed by atoms with Crippen molar-refractivity contribution in [3.8, 4) is 0 Å². The third-order valence-electron chi connectivity index (χ3n) is 3.06. The van der Waals surface area contributed by atoms with Crippen molar-refractivity contribution in [2.45, 2.75) is 24.5 Å². The minimum Gasteiger partial charge on any atom is -0.431 e. The number of oxazole rings is 1. The number of fused-ring (bicyclic) bond motifs is 1. The van der Waals surface area contributed by atoms with Crippen LogP contribution in [-0.2, 0) is 0 Å². The van der Waals surface area contributed by atoms with Crippen LogP contribution in [0.3, 0.4) is 0 Å². The summed E-state index contributed by atoms with van der Waals surface area (Å²) >= 11 is 1.72. The second kappa shape index (κ2) is 4.01. The van der Waals surface area contributed by atoms with Crippen molar-refractivity contribution in [3.05, 3.63) is 18.2 Å². The largest absolute Gasteiger partial charge is 0.431 e. The molecule has 3 rings (SSSR count). The molecule has 1 aromatic carbocycles. The van der Waals surface area contributed by atoms with Crippen LogP contribution >= 0.6 is 11.8 Å². The van der Waals surface area contributed by atoms with Crippen molar-refractivity contribution >= 4 is 28.5 Å².